The fourth-order valence-electron chi connectivity index (χ4n) is 2.58. The van der Waals surface area contributed by atoms with Crippen LogP contribution in [-0.4, -0.2) is 26.4 Å². The van der Waals surface area contributed by atoms with Gasteiger partial charge in [0.1, 0.15) is 21.4 Å². The van der Waals surface area contributed by atoms with E-state index in [1.807, 2.05) is 0 Å². The van der Waals surface area contributed by atoms with Gasteiger partial charge >= 0.3 is 6.03 Å². The lowest BCUT2D eigenvalue weighted by atomic mass is 9.87. The maximum absolute atomic E-state index is 13.1. The average molecular weight is 355 g/mol. The van der Waals surface area contributed by atoms with Crippen LogP contribution in [0.3, 0.4) is 0 Å². The fraction of sp³-hybridized carbons (Fsp3) is 0.286. The molecule has 3 amide bonds. The lowest BCUT2D eigenvalue weighted by Gasteiger charge is -2.25. The van der Waals surface area contributed by atoms with E-state index in [1.165, 1.54) is 24.3 Å². The van der Waals surface area contributed by atoms with Gasteiger partial charge in [-0.25, -0.2) is 9.18 Å². The first-order valence-electron chi connectivity index (χ1n) is 6.85. The Balaban J connectivity index is 1.95. The standard InChI is InChI=1S/C14H12ClFN4O2S/c1-2-14(8-3-5-9(16)6-4-8)12(21)20(13(22)17-14)7-10-11(15)23-19-18-10/h3-6H,2,7H2,1H3,(H,17,22). The maximum atomic E-state index is 13.1. The van der Waals surface area contributed by atoms with Crippen molar-refractivity contribution in [2.24, 2.45) is 0 Å². The molecule has 0 bridgehead atoms. The maximum Gasteiger partial charge on any atom is 0.325 e. The number of hydrogen-bond donors (Lipinski definition) is 1. The summed E-state index contributed by atoms with van der Waals surface area (Å²) < 4.78 is 17.2. The Hall–Kier alpha value is -2.06. The number of aromatic nitrogens is 2. The summed E-state index contributed by atoms with van der Waals surface area (Å²) in [4.78, 5) is 26.2. The summed E-state index contributed by atoms with van der Waals surface area (Å²) in [6.45, 7) is 1.73. The van der Waals surface area contributed by atoms with Gasteiger partial charge in [0.05, 0.1) is 6.54 Å². The quantitative estimate of drug-likeness (QED) is 0.856. The summed E-state index contributed by atoms with van der Waals surface area (Å²) in [7, 11) is 0. The van der Waals surface area contributed by atoms with Gasteiger partial charge in [0.15, 0.2) is 0 Å². The van der Waals surface area contributed by atoms with Crippen LogP contribution >= 0.6 is 23.1 Å². The van der Waals surface area contributed by atoms with Crippen molar-refractivity contribution >= 4 is 35.1 Å². The second-order valence-electron chi connectivity index (χ2n) is 5.08. The van der Waals surface area contributed by atoms with Crippen molar-refractivity contribution in [1.29, 1.82) is 0 Å². The predicted molar refractivity (Wildman–Crippen MR) is 82.4 cm³/mol. The van der Waals surface area contributed by atoms with Gasteiger partial charge in [0.2, 0.25) is 0 Å². The molecule has 1 fully saturated rings. The molecule has 0 radical (unpaired) electrons. The minimum atomic E-state index is -1.21. The molecule has 23 heavy (non-hydrogen) atoms. The smallest absolute Gasteiger partial charge is 0.319 e. The van der Waals surface area contributed by atoms with E-state index in [4.69, 9.17) is 11.6 Å². The van der Waals surface area contributed by atoms with Gasteiger partial charge in [0.25, 0.3) is 5.91 Å². The lowest BCUT2D eigenvalue weighted by Crippen LogP contribution is -2.43. The second-order valence-corrected chi connectivity index (χ2v) is 6.44. The van der Waals surface area contributed by atoms with Crippen molar-refractivity contribution in [3.8, 4) is 0 Å². The van der Waals surface area contributed by atoms with E-state index in [0.29, 0.717) is 22.0 Å². The summed E-state index contributed by atoms with van der Waals surface area (Å²) in [5, 5.41) is 6.53. The predicted octanol–water partition coefficient (Wildman–Crippen LogP) is 2.69. The van der Waals surface area contributed by atoms with Gasteiger partial charge in [-0.15, -0.1) is 5.10 Å². The number of carbonyl (C=O) groups excluding carboxylic acids is 2. The number of nitrogens with one attached hydrogen (secondary N) is 1. The highest BCUT2D eigenvalue weighted by atomic mass is 35.5. The van der Waals surface area contributed by atoms with Crippen molar-refractivity contribution in [1.82, 2.24) is 19.8 Å². The highest BCUT2D eigenvalue weighted by Gasteiger charge is 2.51. The summed E-state index contributed by atoms with van der Waals surface area (Å²) >= 11 is 6.92. The SMILES string of the molecule is CCC1(c2ccc(F)cc2)NC(=O)N(Cc2nnsc2Cl)C1=O. The van der Waals surface area contributed by atoms with Crippen molar-refractivity contribution < 1.29 is 14.0 Å². The van der Waals surface area contributed by atoms with Crippen LogP contribution < -0.4 is 5.32 Å². The van der Waals surface area contributed by atoms with Crippen LogP contribution in [0, 0.1) is 5.82 Å². The Morgan fingerprint density at radius 1 is 1.35 bits per heavy atom. The van der Waals surface area contributed by atoms with Crippen molar-refractivity contribution in [3.05, 3.63) is 45.7 Å². The Morgan fingerprint density at radius 2 is 2.04 bits per heavy atom. The average Bonchev–Trinajstić information content (AvgIpc) is 3.05. The summed E-state index contributed by atoms with van der Waals surface area (Å²) in [5.74, 6) is -0.824. The molecule has 1 saturated heterocycles. The number of nitrogens with zero attached hydrogens (tertiary/aromatic N) is 3. The number of urea groups is 1. The molecule has 1 aromatic carbocycles. The molecule has 0 aliphatic carbocycles. The zero-order chi connectivity index (χ0) is 16.6. The normalized spacial score (nSPS) is 20.9. The number of benzene rings is 1. The van der Waals surface area contributed by atoms with Crippen molar-refractivity contribution in [2.75, 3.05) is 0 Å². The summed E-state index contributed by atoms with van der Waals surface area (Å²) in [6, 6.07) is 4.98. The molecule has 1 N–H and O–H groups in total. The molecule has 3 rings (SSSR count). The minimum Gasteiger partial charge on any atom is -0.319 e. The van der Waals surface area contributed by atoms with Gasteiger partial charge in [-0.3, -0.25) is 9.69 Å². The van der Waals surface area contributed by atoms with Gasteiger partial charge < -0.3 is 5.32 Å². The Morgan fingerprint density at radius 3 is 2.61 bits per heavy atom. The topological polar surface area (TPSA) is 75.2 Å². The lowest BCUT2D eigenvalue weighted by molar-refractivity contribution is -0.132. The molecule has 1 atom stereocenters. The van der Waals surface area contributed by atoms with Gasteiger partial charge in [-0.2, -0.15) is 0 Å². The molecule has 1 unspecified atom stereocenters. The largest absolute Gasteiger partial charge is 0.325 e. The second kappa shape index (κ2) is 5.86. The van der Waals surface area contributed by atoms with Crippen LogP contribution in [0.2, 0.25) is 4.34 Å². The fourth-order valence-corrected chi connectivity index (χ4v) is 3.20. The molecule has 1 aromatic heterocycles. The molecule has 0 saturated carbocycles. The number of amides is 3. The van der Waals surface area contributed by atoms with Gasteiger partial charge in [0, 0.05) is 11.5 Å². The molecule has 2 aromatic rings. The Bertz CT molecular complexity index is 766. The zero-order valence-corrected chi connectivity index (χ0v) is 13.6. The Kier molecular flexibility index (Phi) is 4.03. The van der Waals surface area contributed by atoms with Crippen LogP contribution in [-0.2, 0) is 16.9 Å². The molecule has 1 aliphatic heterocycles. The third-order valence-corrected chi connectivity index (χ3v) is 4.84. The summed E-state index contributed by atoms with van der Waals surface area (Å²) in [5.41, 5.74) is -0.309. The summed E-state index contributed by atoms with van der Waals surface area (Å²) in [6.07, 6.45) is 0.336. The van der Waals surface area contributed by atoms with Crippen molar-refractivity contribution in [2.45, 2.75) is 25.4 Å². The van der Waals surface area contributed by atoms with Crippen LogP contribution in [0.1, 0.15) is 24.6 Å². The van der Waals surface area contributed by atoms with E-state index in [2.05, 4.69) is 14.9 Å². The highest BCUT2D eigenvalue weighted by Crippen LogP contribution is 2.33. The number of imide groups is 1. The molecule has 9 heteroatoms. The number of carbonyl (C=O) groups is 2. The third kappa shape index (κ3) is 2.57. The van der Waals surface area contributed by atoms with Crippen LogP contribution in [0.25, 0.3) is 0 Å². The van der Waals surface area contributed by atoms with E-state index < -0.39 is 23.3 Å². The zero-order valence-electron chi connectivity index (χ0n) is 12.0. The van der Waals surface area contributed by atoms with Crippen molar-refractivity contribution in [3.63, 3.8) is 0 Å². The van der Waals surface area contributed by atoms with E-state index in [-0.39, 0.29) is 6.54 Å². The third-order valence-electron chi connectivity index (χ3n) is 3.86. The molecule has 2 heterocycles. The van der Waals surface area contributed by atoms with E-state index in [1.54, 1.807) is 6.92 Å². The van der Waals surface area contributed by atoms with E-state index in [9.17, 15) is 14.0 Å². The first-order valence-corrected chi connectivity index (χ1v) is 8.00. The highest BCUT2D eigenvalue weighted by molar-refractivity contribution is 7.10. The monoisotopic (exact) mass is 354 g/mol. The molecule has 120 valence electrons. The van der Waals surface area contributed by atoms with Crippen LogP contribution in [0.5, 0.6) is 0 Å². The first-order chi connectivity index (χ1) is 11.0. The number of halogens is 2. The van der Waals surface area contributed by atoms with E-state index >= 15 is 0 Å². The van der Waals surface area contributed by atoms with Gasteiger partial charge in [-0.05, 0) is 24.1 Å². The number of hydrogen-bond acceptors (Lipinski definition) is 5. The minimum absolute atomic E-state index is 0.0526. The first kappa shape index (κ1) is 15.8. The molecule has 1 aliphatic rings. The van der Waals surface area contributed by atoms with Crippen LogP contribution in [0.15, 0.2) is 24.3 Å². The van der Waals surface area contributed by atoms with Crippen LogP contribution in [0.4, 0.5) is 9.18 Å². The molecular weight excluding hydrogens is 343 g/mol. The molecule has 0 spiro atoms. The number of rotatable bonds is 4. The molecule has 6 nitrogen and oxygen atoms in total. The molecular formula is C14H12ClFN4O2S. The van der Waals surface area contributed by atoms with Gasteiger partial charge in [-0.1, -0.05) is 35.1 Å². The van der Waals surface area contributed by atoms with E-state index in [0.717, 1.165) is 16.4 Å². The Labute approximate surface area is 140 Å².